The zero-order chi connectivity index (χ0) is 10.1. The van der Waals surface area contributed by atoms with Gasteiger partial charge in [0.2, 0.25) is 5.91 Å². The van der Waals surface area contributed by atoms with E-state index in [9.17, 15) is 4.79 Å². The number of rotatable bonds is 7. The maximum atomic E-state index is 11.5. The van der Waals surface area contributed by atoms with Gasteiger partial charge in [0.15, 0.2) is 0 Å². The van der Waals surface area contributed by atoms with E-state index >= 15 is 0 Å². The van der Waals surface area contributed by atoms with Crippen LogP contribution in [0.15, 0.2) is 0 Å². The minimum Gasteiger partial charge on any atom is -0.342 e. The molecular weight excluding hydrogens is 164 g/mol. The molecule has 0 aliphatic rings. The molecule has 0 fully saturated rings. The number of hydrogen-bond donors (Lipinski definition) is 1. The largest absolute Gasteiger partial charge is 0.342 e. The molecule has 0 atom stereocenters. The van der Waals surface area contributed by atoms with Crippen molar-refractivity contribution < 1.29 is 4.79 Å². The molecule has 0 radical (unpaired) electrons. The van der Waals surface area contributed by atoms with Gasteiger partial charge in [-0.25, -0.2) is 0 Å². The highest BCUT2D eigenvalue weighted by Crippen LogP contribution is 1.94. The van der Waals surface area contributed by atoms with Gasteiger partial charge in [0.05, 0.1) is 6.54 Å². The minimum absolute atomic E-state index is 0.220. The molecule has 0 saturated carbocycles. The Morgan fingerprint density at radius 3 is 2.46 bits per heavy atom. The minimum atomic E-state index is 0.220. The average molecular weight is 186 g/mol. The maximum absolute atomic E-state index is 11.5. The van der Waals surface area contributed by atoms with Gasteiger partial charge in [0.25, 0.3) is 0 Å². The molecule has 1 N–H and O–H groups in total. The van der Waals surface area contributed by atoms with Gasteiger partial charge >= 0.3 is 0 Å². The Bertz CT molecular complexity index is 137. The van der Waals surface area contributed by atoms with Crippen LogP contribution in [0, 0.1) is 0 Å². The lowest BCUT2D eigenvalue weighted by atomic mass is 10.3. The van der Waals surface area contributed by atoms with Crippen LogP contribution < -0.4 is 5.32 Å². The van der Waals surface area contributed by atoms with Crippen LogP contribution in [0.2, 0.25) is 0 Å². The molecule has 3 nitrogen and oxygen atoms in total. The number of likely N-dealkylation sites (N-methyl/N-ethyl adjacent to an activating group) is 2. The van der Waals surface area contributed by atoms with Gasteiger partial charge in [-0.15, -0.1) is 0 Å². The van der Waals surface area contributed by atoms with Gasteiger partial charge in [-0.2, -0.15) is 0 Å². The highest BCUT2D eigenvalue weighted by molar-refractivity contribution is 5.78. The smallest absolute Gasteiger partial charge is 0.236 e. The lowest BCUT2D eigenvalue weighted by Crippen LogP contribution is -2.38. The fourth-order valence-electron chi connectivity index (χ4n) is 1.15. The van der Waals surface area contributed by atoms with Crippen molar-refractivity contribution in [1.29, 1.82) is 0 Å². The second-order valence-corrected chi connectivity index (χ2v) is 3.11. The lowest BCUT2D eigenvalue weighted by molar-refractivity contribution is -0.130. The molecule has 13 heavy (non-hydrogen) atoms. The normalized spacial score (nSPS) is 10.1. The van der Waals surface area contributed by atoms with Crippen LogP contribution in [0.25, 0.3) is 0 Å². The number of nitrogens with one attached hydrogen (secondary N) is 1. The molecule has 0 rings (SSSR count). The predicted molar refractivity (Wildman–Crippen MR) is 55.7 cm³/mol. The number of nitrogens with zero attached hydrogens (tertiary/aromatic N) is 1. The molecule has 0 unspecified atom stereocenters. The van der Waals surface area contributed by atoms with Crippen LogP contribution in [0.3, 0.4) is 0 Å². The first-order valence-electron chi connectivity index (χ1n) is 5.24. The van der Waals surface area contributed by atoms with Crippen molar-refractivity contribution in [2.24, 2.45) is 0 Å². The molecule has 0 saturated heterocycles. The molecule has 0 heterocycles. The maximum Gasteiger partial charge on any atom is 0.236 e. The first kappa shape index (κ1) is 12.4. The van der Waals surface area contributed by atoms with Gasteiger partial charge in [0.1, 0.15) is 0 Å². The summed E-state index contributed by atoms with van der Waals surface area (Å²) in [5.41, 5.74) is 0. The summed E-state index contributed by atoms with van der Waals surface area (Å²) in [4.78, 5) is 13.4. The third-order valence-corrected chi connectivity index (χ3v) is 2.04. The van der Waals surface area contributed by atoms with E-state index in [2.05, 4.69) is 12.2 Å². The first-order chi connectivity index (χ1) is 6.26. The van der Waals surface area contributed by atoms with Gasteiger partial charge in [0, 0.05) is 13.1 Å². The Morgan fingerprint density at radius 1 is 1.31 bits per heavy atom. The first-order valence-corrected chi connectivity index (χ1v) is 5.24. The van der Waals surface area contributed by atoms with Crippen LogP contribution in [0.5, 0.6) is 0 Å². The molecule has 0 aliphatic heterocycles. The van der Waals surface area contributed by atoms with E-state index in [4.69, 9.17) is 0 Å². The molecule has 0 aromatic heterocycles. The molecule has 1 amide bonds. The van der Waals surface area contributed by atoms with E-state index in [0.29, 0.717) is 6.54 Å². The Kier molecular flexibility index (Phi) is 7.69. The molecule has 0 aromatic rings. The summed E-state index contributed by atoms with van der Waals surface area (Å²) in [6, 6.07) is 0. The van der Waals surface area contributed by atoms with Crippen LogP contribution >= 0.6 is 0 Å². The molecular formula is C10H22N2O. The average Bonchev–Trinajstić information content (AvgIpc) is 2.16. The highest BCUT2D eigenvalue weighted by atomic mass is 16.2. The van der Waals surface area contributed by atoms with Gasteiger partial charge in [-0.3, -0.25) is 4.79 Å². The fourth-order valence-corrected chi connectivity index (χ4v) is 1.15. The number of carbonyl (C=O) groups excluding carboxylic acids is 1. The molecule has 0 spiro atoms. The Labute approximate surface area is 81.5 Å². The summed E-state index contributed by atoms with van der Waals surface area (Å²) in [6.45, 7) is 9.24. The summed E-state index contributed by atoms with van der Waals surface area (Å²) < 4.78 is 0. The number of hydrogen-bond acceptors (Lipinski definition) is 2. The standard InChI is InChI=1S/C10H22N2O/c1-4-7-8-12(6-3)10(13)9-11-5-2/h11H,4-9H2,1-3H3. The molecule has 78 valence electrons. The quantitative estimate of drug-likeness (QED) is 0.649. The molecule has 0 aromatic carbocycles. The summed E-state index contributed by atoms with van der Waals surface area (Å²) in [5.74, 6) is 0.220. The fraction of sp³-hybridized carbons (Fsp3) is 0.900. The zero-order valence-electron chi connectivity index (χ0n) is 9.10. The van der Waals surface area contributed by atoms with Crippen LogP contribution in [0.1, 0.15) is 33.6 Å². The van der Waals surface area contributed by atoms with E-state index in [1.54, 1.807) is 0 Å². The predicted octanol–water partition coefficient (Wildman–Crippen LogP) is 1.24. The van der Waals surface area contributed by atoms with E-state index in [1.807, 2.05) is 18.7 Å². The van der Waals surface area contributed by atoms with Crippen molar-refractivity contribution in [1.82, 2.24) is 10.2 Å². The zero-order valence-corrected chi connectivity index (χ0v) is 9.10. The Morgan fingerprint density at radius 2 is 2.00 bits per heavy atom. The summed E-state index contributed by atoms with van der Waals surface area (Å²) >= 11 is 0. The lowest BCUT2D eigenvalue weighted by Gasteiger charge is -2.20. The van der Waals surface area contributed by atoms with E-state index < -0.39 is 0 Å². The van der Waals surface area contributed by atoms with Crippen molar-refractivity contribution >= 4 is 5.91 Å². The van der Waals surface area contributed by atoms with Crippen molar-refractivity contribution in [2.75, 3.05) is 26.2 Å². The molecule has 3 heteroatoms. The monoisotopic (exact) mass is 186 g/mol. The summed E-state index contributed by atoms with van der Waals surface area (Å²) in [7, 11) is 0. The van der Waals surface area contributed by atoms with Crippen molar-refractivity contribution in [3.63, 3.8) is 0 Å². The second-order valence-electron chi connectivity index (χ2n) is 3.11. The molecule has 0 bridgehead atoms. The molecule has 0 aliphatic carbocycles. The van der Waals surface area contributed by atoms with E-state index in [1.165, 1.54) is 0 Å². The Balaban J connectivity index is 3.71. The number of unbranched alkanes of at least 4 members (excludes halogenated alkanes) is 1. The van der Waals surface area contributed by atoms with E-state index in [0.717, 1.165) is 32.5 Å². The van der Waals surface area contributed by atoms with Crippen LogP contribution in [-0.4, -0.2) is 37.0 Å². The summed E-state index contributed by atoms with van der Waals surface area (Å²) in [5, 5.41) is 3.05. The third-order valence-electron chi connectivity index (χ3n) is 2.04. The SMILES string of the molecule is CCCCN(CC)C(=O)CNCC. The van der Waals surface area contributed by atoms with Crippen LogP contribution in [0.4, 0.5) is 0 Å². The van der Waals surface area contributed by atoms with Crippen LogP contribution in [-0.2, 0) is 4.79 Å². The van der Waals surface area contributed by atoms with Crippen molar-refractivity contribution in [2.45, 2.75) is 33.6 Å². The van der Waals surface area contributed by atoms with E-state index in [-0.39, 0.29) is 5.91 Å². The van der Waals surface area contributed by atoms with Crippen molar-refractivity contribution in [3.05, 3.63) is 0 Å². The Hall–Kier alpha value is -0.570. The number of amides is 1. The van der Waals surface area contributed by atoms with Gasteiger partial charge in [-0.05, 0) is 19.9 Å². The third kappa shape index (κ3) is 5.64. The number of carbonyl (C=O) groups is 1. The second kappa shape index (κ2) is 8.05. The highest BCUT2D eigenvalue weighted by Gasteiger charge is 2.08. The summed E-state index contributed by atoms with van der Waals surface area (Å²) in [6.07, 6.45) is 2.25. The van der Waals surface area contributed by atoms with Gasteiger partial charge in [-0.1, -0.05) is 20.3 Å². The topological polar surface area (TPSA) is 32.3 Å². The van der Waals surface area contributed by atoms with Gasteiger partial charge < -0.3 is 10.2 Å². The van der Waals surface area contributed by atoms with Crippen molar-refractivity contribution in [3.8, 4) is 0 Å².